The zero-order valence-electron chi connectivity index (χ0n) is 11.8. The first kappa shape index (κ1) is 15.0. The standard InChI is InChI=1S/C15H21ClN2O2/c1-2-3-4-5-6-7-17-12-9-14-13(8-11(12)16)18-15(19)10-20-14/h8-9,17H,2-7,10H2,1H3,(H,18,19). The number of unbranched alkanes of at least 4 members (excludes halogenated alkanes) is 4. The molecule has 0 saturated carbocycles. The number of ether oxygens (including phenoxy) is 1. The Morgan fingerprint density at radius 2 is 2.10 bits per heavy atom. The van der Waals surface area contributed by atoms with Gasteiger partial charge in [0, 0.05) is 12.6 Å². The minimum absolute atomic E-state index is 0.0606. The van der Waals surface area contributed by atoms with Crippen molar-refractivity contribution in [2.45, 2.75) is 39.0 Å². The van der Waals surface area contributed by atoms with Crippen LogP contribution in [0.2, 0.25) is 5.02 Å². The zero-order valence-corrected chi connectivity index (χ0v) is 12.6. The largest absolute Gasteiger partial charge is 0.482 e. The van der Waals surface area contributed by atoms with Crippen molar-refractivity contribution in [2.24, 2.45) is 0 Å². The van der Waals surface area contributed by atoms with Gasteiger partial charge < -0.3 is 15.4 Å². The van der Waals surface area contributed by atoms with E-state index in [1.165, 1.54) is 25.7 Å². The molecule has 0 bridgehead atoms. The van der Waals surface area contributed by atoms with Crippen molar-refractivity contribution in [3.63, 3.8) is 0 Å². The summed E-state index contributed by atoms with van der Waals surface area (Å²) < 4.78 is 5.38. The third-order valence-electron chi connectivity index (χ3n) is 3.30. The van der Waals surface area contributed by atoms with E-state index in [1.807, 2.05) is 6.07 Å². The van der Waals surface area contributed by atoms with Gasteiger partial charge in [-0.1, -0.05) is 44.2 Å². The molecule has 2 N–H and O–H groups in total. The number of benzene rings is 1. The molecule has 0 aromatic heterocycles. The monoisotopic (exact) mass is 296 g/mol. The van der Waals surface area contributed by atoms with E-state index in [4.69, 9.17) is 16.3 Å². The van der Waals surface area contributed by atoms with E-state index in [2.05, 4.69) is 17.6 Å². The van der Waals surface area contributed by atoms with Gasteiger partial charge in [0.25, 0.3) is 5.91 Å². The van der Waals surface area contributed by atoms with E-state index in [1.54, 1.807) is 6.07 Å². The summed E-state index contributed by atoms with van der Waals surface area (Å²) in [6, 6.07) is 3.58. The lowest BCUT2D eigenvalue weighted by molar-refractivity contribution is -0.118. The molecule has 1 aromatic carbocycles. The molecule has 1 amide bonds. The molecule has 1 heterocycles. The van der Waals surface area contributed by atoms with Crippen molar-refractivity contribution in [1.29, 1.82) is 0 Å². The van der Waals surface area contributed by atoms with Crippen LogP contribution >= 0.6 is 11.6 Å². The molecule has 0 radical (unpaired) electrons. The third-order valence-corrected chi connectivity index (χ3v) is 3.61. The van der Waals surface area contributed by atoms with Crippen LogP contribution in [0.4, 0.5) is 11.4 Å². The summed E-state index contributed by atoms with van der Waals surface area (Å²) in [5.41, 5.74) is 1.50. The summed E-state index contributed by atoms with van der Waals surface area (Å²) in [6.07, 6.45) is 6.20. The number of nitrogens with one attached hydrogen (secondary N) is 2. The van der Waals surface area contributed by atoms with Gasteiger partial charge >= 0.3 is 0 Å². The molecular weight excluding hydrogens is 276 g/mol. The first-order valence-corrected chi connectivity index (χ1v) is 7.58. The number of carbonyl (C=O) groups is 1. The number of anilines is 2. The van der Waals surface area contributed by atoms with Crippen molar-refractivity contribution < 1.29 is 9.53 Å². The zero-order chi connectivity index (χ0) is 14.4. The molecule has 0 spiro atoms. The Bertz CT molecular complexity index is 477. The highest BCUT2D eigenvalue weighted by Crippen LogP contribution is 2.36. The van der Waals surface area contributed by atoms with Crippen LogP contribution in [0.3, 0.4) is 0 Å². The molecule has 0 atom stereocenters. The Labute approximate surface area is 124 Å². The lowest BCUT2D eigenvalue weighted by Gasteiger charge is -2.20. The number of hydrogen-bond donors (Lipinski definition) is 2. The SMILES string of the molecule is CCCCCCCNc1cc2c(cc1Cl)NC(=O)CO2. The molecule has 1 aromatic rings. The second-order valence-electron chi connectivity index (χ2n) is 5.01. The summed E-state index contributed by atoms with van der Waals surface area (Å²) >= 11 is 6.20. The van der Waals surface area contributed by atoms with Crippen LogP contribution in [0.25, 0.3) is 0 Å². The summed E-state index contributed by atoms with van der Waals surface area (Å²) in [6.45, 7) is 3.17. The minimum atomic E-state index is -0.148. The lowest BCUT2D eigenvalue weighted by Crippen LogP contribution is -2.25. The molecule has 2 rings (SSSR count). The quantitative estimate of drug-likeness (QED) is 0.746. The van der Waals surface area contributed by atoms with E-state index in [-0.39, 0.29) is 12.5 Å². The highest BCUT2D eigenvalue weighted by molar-refractivity contribution is 6.33. The second-order valence-corrected chi connectivity index (χ2v) is 5.41. The summed E-state index contributed by atoms with van der Waals surface area (Å²) in [4.78, 5) is 11.2. The van der Waals surface area contributed by atoms with Gasteiger partial charge in [-0.25, -0.2) is 0 Å². The Morgan fingerprint density at radius 1 is 1.30 bits per heavy atom. The van der Waals surface area contributed by atoms with Gasteiger partial charge in [-0.2, -0.15) is 0 Å². The molecule has 110 valence electrons. The number of amides is 1. The van der Waals surface area contributed by atoms with Gasteiger partial charge in [-0.3, -0.25) is 4.79 Å². The molecule has 0 aliphatic carbocycles. The van der Waals surface area contributed by atoms with Crippen LogP contribution in [0.5, 0.6) is 5.75 Å². The van der Waals surface area contributed by atoms with E-state index in [9.17, 15) is 4.79 Å². The first-order chi connectivity index (χ1) is 9.70. The second kappa shape index (κ2) is 7.39. The average Bonchev–Trinajstić information content (AvgIpc) is 2.43. The van der Waals surface area contributed by atoms with E-state index in [0.29, 0.717) is 16.5 Å². The van der Waals surface area contributed by atoms with Gasteiger partial charge in [-0.15, -0.1) is 0 Å². The lowest BCUT2D eigenvalue weighted by atomic mass is 10.1. The number of fused-ring (bicyclic) bond motifs is 1. The summed E-state index contributed by atoms with van der Waals surface area (Å²) in [5.74, 6) is 0.521. The predicted molar refractivity (Wildman–Crippen MR) is 82.8 cm³/mol. The van der Waals surface area contributed by atoms with Crippen molar-refractivity contribution >= 4 is 28.9 Å². The highest BCUT2D eigenvalue weighted by atomic mass is 35.5. The van der Waals surface area contributed by atoms with Gasteiger partial charge in [0.15, 0.2) is 6.61 Å². The predicted octanol–water partition coefficient (Wildman–Crippen LogP) is 4.05. The smallest absolute Gasteiger partial charge is 0.262 e. The summed E-state index contributed by atoms with van der Waals surface area (Å²) in [7, 11) is 0. The third kappa shape index (κ3) is 4.04. The molecule has 1 aliphatic heterocycles. The van der Waals surface area contributed by atoms with Crippen molar-refractivity contribution in [1.82, 2.24) is 0 Å². The van der Waals surface area contributed by atoms with Gasteiger partial charge in [-0.05, 0) is 12.5 Å². The number of halogens is 1. The van der Waals surface area contributed by atoms with E-state index < -0.39 is 0 Å². The Morgan fingerprint density at radius 3 is 2.90 bits per heavy atom. The molecule has 20 heavy (non-hydrogen) atoms. The Kier molecular flexibility index (Phi) is 5.53. The maximum atomic E-state index is 11.2. The maximum absolute atomic E-state index is 11.2. The minimum Gasteiger partial charge on any atom is -0.482 e. The van der Waals surface area contributed by atoms with Gasteiger partial charge in [0.05, 0.1) is 16.4 Å². The Hall–Kier alpha value is -1.42. The van der Waals surface area contributed by atoms with Gasteiger partial charge in [0.2, 0.25) is 0 Å². The molecular formula is C15H21ClN2O2. The maximum Gasteiger partial charge on any atom is 0.262 e. The average molecular weight is 297 g/mol. The molecule has 1 aliphatic rings. The fraction of sp³-hybridized carbons (Fsp3) is 0.533. The Balaban J connectivity index is 1.87. The first-order valence-electron chi connectivity index (χ1n) is 7.20. The van der Waals surface area contributed by atoms with Crippen molar-refractivity contribution in [3.05, 3.63) is 17.2 Å². The van der Waals surface area contributed by atoms with Crippen LogP contribution < -0.4 is 15.4 Å². The van der Waals surface area contributed by atoms with E-state index >= 15 is 0 Å². The van der Waals surface area contributed by atoms with Crippen LogP contribution in [0.1, 0.15) is 39.0 Å². The number of hydrogen-bond acceptors (Lipinski definition) is 3. The topological polar surface area (TPSA) is 50.4 Å². The van der Waals surface area contributed by atoms with Crippen LogP contribution in [-0.2, 0) is 4.79 Å². The number of rotatable bonds is 7. The van der Waals surface area contributed by atoms with Crippen molar-refractivity contribution in [2.75, 3.05) is 23.8 Å². The number of carbonyl (C=O) groups excluding carboxylic acids is 1. The van der Waals surface area contributed by atoms with Crippen molar-refractivity contribution in [3.8, 4) is 5.75 Å². The van der Waals surface area contributed by atoms with Crippen LogP contribution in [0.15, 0.2) is 12.1 Å². The highest BCUT2D eigenvalue weighted by Gasteiger charge is 2.17. The normalized spacial score (nSPS) is 13.4. The van der Waals surface area contributed by atoms with Gasteiger partial charge in [0.1, 0.15) is 5.75 Å². The fourth-order valence-electron chi connectivity index (χ4n) is 2.19. The molecule has 0 unspecified atom stereocenters. The molecule has 0 fully saturated rings. The van der Waals surface area contributed by atoms with E-state index in [0.717, 1.165) is 18.7 Å². The van der Waals surface area contributed by atoms with Crippen LogP contribution in [-0.4, -0.2) is 19.1 Å². The van der Waals surface area contributed by atoms with Crippen LogP contribution in [0, 0.1) is 0 Å². The summed E-state index contributed by atoms with van der Waals surface area (Å²) in [5, 5.41) is 6.67. The fourth-order valence-corrected chi connectivity index (χ4v) is 2.42. The molecule has 0 saturated heterocycles. The molecule has 5 heteroatoms. The molecule has 4 nitrogen and oxygen atoms in total.